The number of carbonyl (C=O) groups is 1. The van der Waals surface area contributed by atoms with Gasteiger partial charge in [-0.3, -0.25) is 0 Å². The first kappa shape index (κ1) is 12.7. The van der Waals surface area contributed by atoms with Crippen LogP contribution in [-0.4, -0.2) is 46.1 Å². The van der Waals surface area contributed by atoms with E-state index in [9.17, 15) is 4.79 Å². The Morgan fingerprint density at radius 2 is 2.22 bits per heavy atom. The number of aliphatic carboxylic acids is 1. The first-order valence-corrected chi connectivity index (χ1v) is 6.07. The predicted molar refractivity (Wildman–Crippen MR) is 68.2 cm³/mol. The van der Waals surface area contributed by atoms with Crippen molar-refractivity contribution in [3.8, 4) is 0 Å². The maximum atomic E-state index is 10.4. The molecule has 1 saturated heterocycles. The summed E-state index contributed by atoms with van der Waals surface area (Å²) in [5, 5.41) is 8.57. The van der Waals surface area contributed by atoms with Crippen LogP contribution in [0.4, 0.5) is 0 Å². The van der Waals surface area contributed by atoms with Crippen molar-refractivity contribution in [2.24, 2.45) is 0 Å². The van der Waals surface area contributed by atoms with Gasteiger partial charge in [0.05, 0.1) is 0 Å². The molecular formula is C13H17N3O2. The highest BCUT2D eigenvalue weighted by Crippen LogP contribution is 2.25. The molecule has 5 heteroatoms. The van der Waals surface area contributed by atoms with Crippen molar-refractivity contribution >= 4 is 12.0 Å². The third kappa shape index (κ3) is 3.37. The zero-order valence-electron chi connectivity index (χ0n) is 10.4. The van der Waals surface area contributed by atoms with E-state index >= 15 is 0 Å². The first-order chi connectivity index (χ1) is 8.65. The molecule has 0 aromatic carbocycles. The number of nitrogens with zero attached hydrogens (tertiary/aromatic N) is 3. The lowest BCUT2D eigenvalue weighted by molar-refractivity contribution is -0.131. The van der Waals surface area contributed by atoms with Gasteiger partial charge in [-0.2, -0.15) is 0 Å². The van der Waals surface area contributed by atoms with Crippen LogP contribution >= 0.6 is 0 Å². The zero-order valence-corrected chi connectivity index (χ0v) is 10.4. The molecule has 0 amide bonds. The van der Waals surface area contributed by atoms with Crippen LogP contribution in [-0.2, 0) is 4.79 Å². The van der Waals surface area contributed by atoms with Gasteiger partial charge in [0.1, 0.15) is 0 Å². The molecule has 0 saturated carbocycles. The van der Waals surface area contributed by atoms with Crippen molar-refractivity contribution in [2.75, 3.05) is 20.1 Å². The van der Waals surface area contributed by atoms with E-state index in [1.54, 1.807) is 6.20 Å². The van der Waals surface area contributed by atoms with Crippen LogP contribution in [0.2, 0.25) is 0 Å². The molecule has 1 aromatic heterocycles. The molecule has 0 spiro atoms. The Labute approximate surface area is 106 Å². The average Bonchev–Trinajstić information content (AvgIpc) is 2.37. The number of carboxylic acids is 1. The fraction of sp³-hybridized carbons (Fsp3) is 0.462. The summed E-state index contributed by atoms with van der Waals surface area (Å²) in [5.74, 6) is -0.0571. The van der Waals surface area contributed by atoms with Gasteiger partial charge in [-0.1, -0.05) is 0 Å². The van der Waals surface area contributed by atoms with Gasteiger partial charge in [0.25, 0.3) is 0 Å². The number of aromatic nitrogens is 2. The molecule has 5 nitrogen and oxygen atoms in total. The second-order valence-corrected chi connectivity index (χ2v) is 4.59. The van der Waals surface area contributed by atoms with Crippen molar-refractivity contribution in [1.29, 1.82) is 0 Å². The molecule has 18 heavy (non-hydrogen) atoms. The summed E-state index contributed by atoms with van der Waals surface area (Å²) in [6.45, 7) is 2.16. The maximum Gasteiger partial charge on any atom is 0.328 e. The van der Waals surface area contributed by atoms with Crippen molar-refractivity contribution in [3.63, 3.8) is 0 Å². The fourth-order valence-electron chi connectivity index (χ4n) is 2.15. The fourth-order valence-corrected chi connectivity index (χ4v) is 2.15. The number of carboxylic acid groups (broad SMARTS) is 1. The van der Waals surface area contributed by atoms with Crippen LogP contribution in [0.15, 0.2) is 18.3 Å². The first-order valence-electron chi connectivity index (χ1n) is 6.07. The van der Waals surface area contributed by atoms with E-state index in [1.807, 2.05) is 6.07 Å². The second kappa shape index (κ2) is 5.73. The minimum Gasteiger partial charge on any atom is -0.478 e. The lowest BCUT2D eigenvalue weighted by atomic mass is 9.93. The Morgan fingerprint density at radius 1 is 1.50 bits per heavy atom. The number of hydrogen-bond donors (Lipinski definition) is 1. The van der Waals surface area contributed by atoms with Gasteiger partial charge in [0, 0.05) is 23.9 Å². The smallest absolute Gasteiger partial charge is 0.328 e. The molecule has 0 radical (unpaired) electrons. The van der Waals surface area contributed by atoms with E-state index in [4.69, 9.17) is 5.11 Å². The lowest BCUT2D eigenvalue weighted by Gasteiger charge is -2.28. The third-order valence-electron chi connectivity index (χ3n) is 3.21. The average molecular weight is 247 g/mol. The summed E-state index contributed by atoms with van der Waals surface area (Å²) < 4.78 is 0. The van der Waals surface area contributed by atoms with Crippen LogP contribution in [0, 0.1) is 0 Å². The van der Waals surface area contributed by atoms with E-state index in [2.05, 4.69) is 21.9 Å². The molecule has 1 aliphatic rings. The maximum absolute atomic E-state index is 10.4. The highest BCUT2D eigenvalue weighted by Gasteiger charge is 2.19. The second-order valence-electron chi connectivity index (χ2n) is 4.59. The number of likely N-dealkylation sites (tertiary alicyclic amines) is 1. The van der Waals surface area contributed by atoms with E-state index in [1.165, 1.54) is 6.08 Å². The van der Waals surface area contributed by atoms with Crippen LogP contribution in [0.5, 0.6) is 0 Å². The highest BCUT2D eigenvalue weighted by molar-refractivity contribution is 5.84. The molecule has 1 N–H and O–H groups in total. The summed E-state index contributed by atoms with van der Waals surface area (Å²) in [6, 6.07) is 1.92. The van der Waals surface area contributed by atoms with Gasteiger partial charge in [-0.25, -0.2) is 14.8 Å². The molecule has 96 valence electrons. The monoisotopic (exact) mass is 247 g/mol. The van der Waals surface area contributed by atoms with Gasteiger partial charge in [0.15, 0.2) is 5.82 Å². The summed E-state index contributed by atoms with van der Waals surface area (Å²) in [7, 11) is 2.12. The number of hydrogen-bond acceptors (Lipinski definition) is 4. The Balaban J connectivity index is 2.09. The van der Waals surface area contributed by atoms with E-state index < -0.39 is 5.97 Å². The third-order valence-corrected chi connectivity index (χ3v) is 3.21. The summed E-state index contributed by atoms with van der Waals surface area (Å²) in [4.78, 5) is 21.2. The molecule has 2 heterocycles. The van der Waals surface area contributed by atoms with Gasteiger partial charge in [-0.15, -0.1) is 0 Å². The molecule has 0 bridgehead atoms. The molecule has 2 rings (SSSR count). The molecule has 0 unspecified atom stereocenters. The summed E-state index contributed by atoms with van der Waals surface area (Å²) in [5.41, 5.74) is 1.02. The van der Waals surface area contributed by atoms with Crippen LogP contribution in [0.1, 0.15) is 30.3 Å². The van der Waals surface area contributed by atoms with Crippen molar-refractivity contribution < 1.29 is 9.90 Å². The topological polar surface area (TPSA) is 66.3 Å². The van der Waals surface area contributed by atoms with Crippen molar-refractivity contribution in [2.45, 2.75) is 18.8 Å². The standard InChI is InChI=1S/C13H17N3O2/c1-16-8-5-10(6-9-16)11-4-7-14-12(15-11)2-3-13(17)18/h2-4,7,10H,5-6,8-9H2,1H3,(H,17,18)/b3-2+. The van der Waals surface area contributed by atoms with Gasteiger partial charge in [0.2, 0.25) is 0 Å². The van der Waals surface area contributed by atoms with Crippen molar-refractivity contribution in [1.82, 2.24) is 14.9 Å². The summed E-state index contributed by atoms with van der Waals surface area (Å²) >= 11 is 0. The van der Waals surface area contributed by atoms with Crippen LogP contribution < -0.4 is 0 Å². The number of piperidine rings is 1. The van der Waals surface area contributed by atoms with E-state index in [0.29, 0.717) is 11.7 Å². The molecule has 0 atom stereocenters. The Bertz CT molecular complexity index is 451. The Morgan fingerprint density at radius 3 is 2.89 bits per heavy atom. The SMILES string of the molecule is CN1CCC(c2ccnc(/C=C/C(=O)O)n2)CC1. The Hall–Kier alpha value is -1.75. The van der Waals surface area contributed by atoms with Gasteiger partial charge < -0.3 is 10.0 Å². The highest BCUT2D eigenvalue weighted by atomic mass is 16.4. The molecule has 1 aromatic rings. The van der Waals surface area contributed by atoms with E-state index in [-0.39, 0.29) is 0 Å². The minimum absolute atomic E-state index is 0.459. The molecular weight excluding hydrogens is 230 g/mol. The lowest BCUT2D eigenvalue weighted by Crippen LogP contribution is -2.29. The minimum atomic E-state index is -0.983. The summed E-state index contributed by atoms with van der Waals surface area (Å²) in [6.07, 6.45) is 6.38. The zero-order chi connectivity index (χ0) is 13.0. The van der Waals surface area contributed by atoms with Gasteiger partial charge >= 0.3 is 5.97 Å². The molecule has 0 aliphatic carbocycles. The quantitative estimate of drug-likeness (QED) is 0.817. The molecule has 1 fully saturated rings. The normalized spacial score (nSPS) is 18.3. The van der Waals surface area contributed by atoms with Gasteiger partial charge in [-0.05, 0) is 45.1 Å². The van der Waals surface area contributed by atoms with Crippen LogP contribution in [0.25, 0.3) is 6.08 Å². The molecule has 1 aliphatic heterocycles. The van der Waals surface area contributed by atoms with Crippen molar-refractivity contribution in [3.05, 3.63) is 29.9 Å². The van der Waals surface area contributed by atoms with Crippen LogP contribution in [0.3, 0.4) is 0 Å². The number of rotatable bonds is 3. The van der Waals surface area contributed by atoms with E-state index in [0.717, 1.165) is 37.7 Å². The largest absolute Gasteiger partial charge is 0.478 e. The Kier molecular flexibility index (Phi) is 4.04. The predicted octanol–water partition coefficient (Wildman–Crippen LogP) is 1.38.